The van der Waals surface area contributed by atoms with Crippen LogP contribution in [-0.4, -0.2) is 4.57 Å². The fraction of sp³-hybridized carbons (Fsp3) is 0. The number of para-hydroxylation sites is 3. The molecule has 0 atom stereocenters. The van der Waals surface area contributed by atoms with Gasteiger partial charge in [-0.15, -0.1) is 0 Å². The molecule has 0 aliphatic carbocycles. The van der Waals surface area contributed by atoms with Crippen LogP contribution >= 0.6 is 0 Å². The fourth-order valence-corrected chi connectivity index (χ4v) is 9.22. The molecule has 0 radical (unpaired) electrons. The number of anilines is 3. The van der Waals surface area contributed by atoms with Crippen LogP contribution in [-0.2, 0) is 0 Å². The second-order valence-electron chi connectivity index (χ2n) is 14.9. The first-order valence-corrected chi connectivity index (χ1v) is 19.5. The van der Waals surface area contributed by atoms with Crippen LogP contribution in [0.25, 0.3) is 92.9 Å². The average molecular weight is 727 g/mol. The third kappa shape index (κ3) is 4.86. The van der Waals surface area contributed by atoms with Crippen molar-refractivity contribution in [1.82, 2.24) is 4.57 Å². The minimum Gasteiger partial charge on any atom is -0.455 e. The predicted octanol–water partition coefficient (Wildman–Crippen LogP) is 15.3. The first-order valence-electron chi connectivity index (χ1n) is 19.5. The Hall–Kier alpha value is -7.62. The van der Waals surface area contributed by atoms with Crippen molar-refractivity contribution < 1.29 is 4.42 Å². The summed E-state index contributed by atoms with van der Waals surface area (Å²) < 4.78 is 9.41. The van der Waals surface area contributed by atoms with E-state index in [1.165, 1.54) is 48.6 Å². The zero-order valence-corrected chi connectivity index (χ0v) is 30.9. The summed E-state index contributed by atoms with van der Waals surface area (Å²) in [5.74, 6) is 0. The zero-order valence-electron chi connectivity index (χ0n) is 30.9. The van der Waals surface area contributed by atoms with E-state index in [1.54, 1.807) is 0 Å². The first-order chi connectivity index (χ1) is 28.3. The molecule has 266 valence electrons. The lowest BCUT2D eigenvalue weighted by atomic mass is 9.95. The lowest BCUT2D eigenvalue weighted by Crippen LogP contribution is -2.10. The van der Waals surface area contributed by atoms with Gasteiger partial charge in [0.05, 0.1) is 11.0 Å². The molecule has 0 N–H and O–H groups in total. The van der Waals surface area contributed by atoms with Crippen molar-refractivity contribution in [2.75, 3.05) is 4.90 Å². The number of benzene rings is 10. The summed E-state index contributed by atoms with van der Waals surface area (Å²) in [4.78, 5) is 2.40. The number of furan rings is 1. The molecule has 0 saturated heterocycles. The van der Waals surface area contributed by atoms with E-state index in [4.69, 9.17) is 4.42 Å². The number of rotatable bonds is 5. The summed E-state index contributed by atoms with van der Waals surface area (Å²) in [5, 5.41) is 11.9. The van der Waals surface area contributed by atoms with Crippen LogP contribution in [0.2, 0.25) is 0 Å². The van der Waals surface area contributed by atoms with Gasteiger partial charge in [-0.05, 0) is 105 Å². The molecule has 10 aromatic carbocycles. The number of hydrogen-bond acceptors (Lipinski definition) is 2. The van der Waals surface area contributed by atoms with Crippen LogP contribution in [0.3, 0.4) is 0 Å². The molecule has 3 nitrogen and oxygen atoms in total. The minimum atomic E-state index is 0.879. The molecule has 0 aliphatic heterocycles. The SMILES string of the molecule is c1ccc(N(c2ccc3ccc4ccccc4c3c2)c2cc(-c3cccc4c3c3ccccc3n4-c3ccccc3)c3oc4ccc5ccccc5c4c3c2)cc1. The number of nitrogens with zero attached hydrogens (tertiary/aromatic N) is 2. The topological polar surface area (TPSA) is 21.3 Å². The van der Waals surface area contributed by atoms with Gasteiger partial charge in [0.25, 0.3) is 0 Å². The van der Waals surface area contributed by atoms with Crippen LogP contribution in [0.15, 0.2) is 211 Å². The van der Waals surface area contributed by atoms with Crippen molar-refractivity contribution in [1.29, 1.82) is 0 Å². The van der Waals surface area contributed by atoms with Crippen LogP contribution in [0.5, 0.6) is 0 Å². The second-order valence-corrected chi connectivity index (χ2v) is 14.9. The standard InChI is InChI=1S/C54H34N2O/c1-3-16-38(17-4-1)55(40-30-28-37-27-26-35-14-7-9-20-42(35)46(37)32-40)41-33-47(54-48(34-41)53-43-21-10-8-15-36(43)29-31-51(53)57-54)44-23-13-25-50-52(44)45-22-11-12-24-49(45)56(50)39-18-5-2-6-19-39/h1-34H. The van der Waals surface area contributed by atoms with E-state index >= 15 is 0 Å². The van der Waals surface area contributed by atoms with Gasteiger partial charge in [0.2, 0.25) is 0 Å². The van der Waals surface area contributed by atoms with Gasteiger partial charge in [-0.25, -0.2) is 0 Å². The third-order valence-corrected chi connectivity index (χ3v) is 11.7. The van der Waals surface area contributed by atoms with E-state index in [-0.39, 0.29) is 0 Å². The van der Waals surface area contributed by atoms with Crippen molar-refractivity contribution in [3.05, 3.63) is 206 Å². The quantitative estimate of drug-likeness (QED) is 0.165. The molecule has 0 fully saturated rings. The van der Waals surface area contributed by atoms with Gasteiger partial charge in [0.1, 0.15) is 11.2 Å². The van der Waals surface area contributed by atoms with Gasteiger partial charge in [0, 0.05) is 49.9 Å². The Morgan fingerprint density at radius 2 is 0.965 bits per heavy atom. The summed E-state index contributed by atoms with van der Waals surface area (Å²) in [6, 6.07) is 74.5. The highest BCUT2D eigenvalue weighted by atomic mass is 16.3. The number of hydrogen-bond donors (Lipinski definition) is 0. The van der Waals surface area contributed by atoms with Gasteiger partial charge < -0.3 is 13.9 Å². The molecule has 0 bridgehead atoms. The van der Waals surface area contributed by atoms with Gasteiger partial charge in [-0.1, -0.05) is 140 Å². The van der Waals surface area contributed by atoms with Crippen molar-refractivity contribution >= 4 is 93.1 Å². The van der Waals surface area contributed by atoms with Gasteiger partial charge in [0.15, 0.2) is 0 Å². The lowest BCUT2D eigenvalue weighted by molar-refractivity contribution is 0.670. The molecule has 0 aliphatic rings. The predicted molar refractivity (Wildman–Crippen MR) is 241 cm³/mol. The number of aromatic nitrogens is 1. The van der Waals surface area contributed by atoms with Crippen molar-refractivity contribution in [2.45, 2.75) is 0 Å². The molecule has 0 unspecified atom stereocenters. The first kappa shape index (κ1) is 31.7. The Morgan fingerprint density at radius 1 is 0.351 bits per heavy atom. The Kier molecular flexibility index (Phi) is 6.93. The highest BCUT2D eigenvalue weighted by Gasteiger charge is 2.24. The summed E-state index contributed by atoms with van der Waals surface area (Å²) in [6.45, 7) is 0. The lowest BCUT2D eigenvalue weighted by Gasteiger charge is -2.27. The molecule has 2 aromatic heterocycles. The summed E-state index contributed by atoms with van der Waals surface area (Å²) in [6.07, 6.45) is 0. The maximum Gasteiger partial charge on any atom is 0.143 e. The van der Waals surface area contributed by atoms with E-state index in [0.717, 1.165) is 61.3 Å². The normalized spacial score (nSPS) is 11.9. The molecule has 2 heterocycles. The molecule has 12 rings (SSSR count). The van der Waals surface area contributed by atoms with Gasteiger partial charge in [-0.2, -0.15) is 0 Å². The van der Waals surface area contributed by atoms with Crippen molar-refractivity contribution in [3.8, 4) is 16.8 Å². The Bertz CT molecular complexity index is 3520. The Balaban J connectivity index is 1.21. The van der Waals surface area contributed by atoms with E-state index < -0.39 is 0 Å². The Labute approximate surface area is 328 Å². The van der Waals surface area contributed by atoms with E-state index in [1.807, 2.05) is 0 Å². The van der Waals surface area contributed by atoms with Crippen molar-refractivity contribution in [2.24, 2.45) is 0 Å². The van der Waals surface area contributed by atoms with Gasteiger partial charge in [-0.3, -0.25) is 0 Å². The fourth-order valence-electron chi connectivity index (χ4n) is 9.22. The average Bonchev–Trinajstić information content (AvgIpc) is 3.83. The van der Waals surface area contributed by atoms with Crippen LogP contribution < -0.4 is 4.90 Å². The Morgan fingerprint density at radius 3 is 1.79 bits per heavy atom. The van der Waals surface area contributed by atoms with Crippen LogP contribution in [0.1, 0.15) is 0 Å². The summed E-state index contributed by atoms with van der Waals surface area (Å²) in [5.41, 5.74) is 10.6. The van der Waals surface area contributed by atoms with Crippen LogP contribution in [0.4, 0.5) is 17.1 Å². The molecule has 3 heteroatoms. The van der Waals surface area contributed by atoms with E-state index in [2.05, 4.69) is 216 Å². The highest BCUT2D eigenvalue weighted by molar-refractivity contribution is 6.24. The van der Waals surface area contributed by atoms with Crippen molar-refractivity contribution in [3.63, 3.8) is 0 Å². The maximum absolute atomic E-state index is 7.03. The molecule has 0 amide bonds. The molecular formula is C54H34N2O. The molecule has 0 spiro atoms. The van der Waals surface area contributed by atoms with Gasteiger partial charge >= 0.3 is 0 Å². The minimum absolute atomic E-state index is 0.879. The molecule has 57 heavy (non-hydrogen) atoms. The van der Waals surface area contributed by atoms with E-state index in [9.17, 15) is 0 Å². The monoisotopic (exact) mass is 726 g/mol. The molecular weight excluding hydrogens is 693 g/mol. The smallest absolute Gasteiger partial charge is 0.143 e. The molecule has 0 saturated carbocycles. The van der Waals surface area contributed by atoms with E-state index in [0.29, 0.717) is 0 Å². The number of fused-ring (bicyclic) bond motifs is 11. The third-order valence-electron chi connectivity index (χ3n) is 11.7. The largest absolute Gasteiger partial charge is 0.455 e. The zero-order chi connectivity index (χ0) is 37.5. The summed E-state index contributed by atoms with van der Waals surface area (Å²) in [7, 11) is 0. The second kappa shape index (κ2) is 12.5. The summed E-state index contributed by atoms with van der Waals surface area (Å²) >= 11 is 0. The highest BCUT2D eigenvalue weighted by Crippen LogP contribution is 2.48. The maximum atomic E-state index is 7.03. The van der Waals surface area contributed by atoms with Crippen LogP contribution in [0, 0.1) is 0 Å². The molecule has 12 aromatic rings.